The molecule has 0 amide bonds. The quantitative estimate of drug-likeness (QED) is 0.374. The second-order valence-corrected chi connectivity index (χ2v) is 5.53. The molecule has 0 radical (unpaired) electrons. The van der Waals surface area contributed by atoms with E-state index in [-0.39, 0.29) is 0 Å². The van der Waals surface area contributed by atoms with Crippen molar-refractivity contribution in [3.8, 4) is 0 Å². The second kappa shape index (κ2) is 5.92. The number of hydrogen-bond acceptors (Lipinski definition) is 3. The van der Waals surface area contributed by atoms with Crippen LogP contribution < -0.4 is 0 Å². The zero-order valence-corrected chi connectivity index (χ0v) is 11.7. The molecule has 2 aromatic rings. The van der Waals surface area contributed by atoms with Crippen molar-refractivity contribution < 1.29 is 4.74 Å². The van der Waals surface area contributed by atoms with E-state index in [0.717, 1.165) is 33.2 Å². The largest absolute Gasteiger partial charge is 0.618 e. The van der Waals surface area contributed by atoms with Crippen LogP contribution in [0.3, 0.4) is 0 Å². The Morgan fingerprint density at radius 3 is 2.45 bits per heavy atom. The first-order valence-corrected chi connectivity index (χ1v) is 7.45. The number of rotatable bonds is 3. The highest BCUT2D eigenvalue weighted by Crippen LogP contribution is 2.19. The van der Waals surface area contributed by atoms with Crippen molar-refractivity contribution in [3.63, 3.8) is 0 Å². The minimum Gasteiger partial charge on any atom is -0.618 e. The molecule has 100 valence electrons. The summed E-state index contributed by atoms with van der Waals surface area (Å²) in [7, 11) is 0. The number of hydrogen-bond donors (Lipinski definition) is 0. The maximum absolute atomic E-state index is 12.0. The first kappa shape index (κ1) is 12.9. The molecule has 0 aromatic heterocycles. The van der Waals surface area contributed by atoms with Gasteiger partial charge in [0.1, 0.15) is 0 Å². The van der Waals surface area contributed by atoms with Crippen LogP contribution in [-0.2, 0) is 0 Å². The molecule has 0 spiro atoms. The summed E-state index contributed by atoms with van der Waals surface area (Å²) in [6.45, 7) is 0.899. The predicted octanol–water partition coefficient (Wildman–Crippen LogP) is 3.44. The van der Waals surface area contributed by atoms with E-state index in [2.05, 4.69) is 4.99 Å². The van der Waals surface area contributed by atoms with Gasteiger partial charge in [-0.15, -0.1) is 11.8 Å². The molecule has 1 aliphatic heterocycles. The fraction of sp³-hybridized carbons (Fsp3) is 0.125. The Balaban J connectivity index is 1.81. The van der Waals surface area contributed by atoms with Crippen LogP contribution in [-0.4, -0.2) is 28.3 Å². The van der Waals surface area contributed by atoms with Crippen LogP contribution in [0.2, 0.25) is 0 Å². The summed E-state index contributed by atoms with van der Waals surface area (Å²) in [5.41, 5.74) is 2.64. The van der Waals surface area contributed by atoms with Gasteiger partial charge in [-0.1, -0.05) is 30.3 Å². The van der Waals surface area contributed by atoms with Crippen molar-refractivity contribution in [2.45, 2.75) is 0 Å². The standard InChI is InChI=1S/C16H14N2OS/c19-18(15-4-2-1-3-5-15)12-13-6-8-14(9-7-13)16-17-10-11-20-16/h1-9,12H,10-11H2. The molecule has 0 bridgehead atoms. The molecule has 0 saturated carbocycles. The van der Waals surface area contributed by atoms with Gasteiger partial charge in [0, 0.05) is 35.6 Å². The van der Waals surface area contributed by atoms with E-state index in [1.165, 1.54) is 0 Å². The molecule has 0 aliphatic carbocycles. The average molecular weight is 282 g/mol. The summed E-state index contributed by atoms with van der Waals surface area (Å²) in [6.07, 6.45) is 1.59. The van der Waals surface area contributed by atoms with E-state index in [1.54, 1.807) is 30.1 Å². The first-order chi connectivity index (χ1) is 9.83. The van der Waals surface area contributed by atoms with Gasteiger partial charge in [0.15, 0.2) is 6.21 Å². The lowest BCUT2D eigenvalue weighted by Gasteiger charge is -2.03. The zero-order chi connectivity index (χ0) is 13.8. The number of nitrogens with zero attached hydrogens (tertiary/aromatic N) is 2. The Hall–Kier alpha value is -2.07. The summed E-state index contributed by atoms with van der Waals surface area (Å²) in [5, 5.41) is 13.1. The van der Waals surface area contributed by atoms with Gasteiger partial charge >= 0.3 is 0 Å². The molecule has 0 fully saturated rings. The Bertz CT molecular complexity index is 648. The van der Waals surface area contributed by atoms with Crippen molar-refractivity contribution >= 4 is 28.7 Å². The Labute approximate surface area is 122 Å². The SMILES string of the molecule is [O-][N+](=Cc1ccc(C2=NCCS2)cc1)c1ccccc1. The molecule has 1 heterocycles. The normalized spacial score (nSPS) is 15.2. The van der Waals surface area contributed by atoms with Gasteiger partial charge in [-0.25, -0.2) is 0 Å². The van der Waals surface area contributed by atoms with Crippen LogP contribution in [0.5, 0.6) is 0 Å². The third-order valence-corrected chi connectivity index (χ3v) is 4.05. The van der Waals surface area contributed by atoms with Crippen molar-refractivity contribution in [2.75, 3.05) is 12.3 Å². The van der Waals surface area contributed by atoms with Crippen molar-refractivity contribution in [1.29, 1.82) is 0 Å². The van der Waals surface area contributed by atoms with E-state index in [0.29, 0.717) is 5.69 Å². The molecule has 0 N–H and O–H groups in total. The third-order valence-electron chi connectivity index (χ3n) is 3.02. The number of para-hydroxylation sites is 1. The molecule has 0 saturated heterocycles. The smallest absolute Gasteiger partial charge is 0.216 e. The van der Waals surface area contributed by atoms with E-state index in [9.17, 15) is 5.21 Å². The van der Waals surface area contributed by atoms with Gasteiger partial charge < -0.3 is 5.21 Å². The van der Waals surface area contributed by atoms with Crippen LogP contribution in [0.4, 0.5) is 5.69 Å². The van der Waals surface area contributed by atoms with Gasteiger partial charge in [0.2, 0.25) is 5.69 Å². The van der Waals surface area contributed by atoms with Crippen LogP contribution in [0.15, 0.2) is 59.6 Å². The zero-order valence-electron chi connectivity index (χ0n) is 10.9. The predicted molar refractivity (Wildman–Crippen MR) is 85.2 cm³/mol. The second-order valence-electron chi connectivity index (χ2n) is 4.45. The highest BCUT2D eigenvalue weighted by atomic mass is 32.2. The summed E-state index contributed by atoms with van der Waals surface area (Å²) in [5.74, 6) is 1.06. The molecular weight excluding hydrogens is 268 g/mol. The Morgan fingerprint density at radius 2 is 1.80 bits per heavy atom. The van der Waals surface area contributed by atoms with Crippen LogP contribution in [0, 0.1) is 5.21 Å². The monoisotopic (exact) mass is 282 g/mol. The summed E-state index contributed by atoms with van der Waals surface area (Å²) >= 11 is 1.78. The molecule has 0 atom stereocenters. The van der Waals surface area contributed by atoms with Gasteiger partial charge in [-0.05, 0) is 12.1 Å². The Kier molecular flexibility index (Phi) is 3.83. The third kappa shape index (κ3) is 2.91. The molecule has 2 aromatic carbocycles. The topological polar surface area (TPSA) is 38.4 Å². The van der Waals surface area contributed by atoms with Crippen LogP contribution in [0.25, 0.3) is 0 Å². The van der Waals surface area contributed by atoms with Crippen LogP contribution >= 0.6 is 11.8 Å². The number of aliphatic imine (C=N–C) groups is 1. The lowest BCUT2D eigenvalue weighted by Crippen LogP contribution is -1.99. The lowest BCUT2D eigenvalue weighted by molar-refractivity contribution is -0.354. The molecular formula is C16H14N2OS. The first-order valence-electron chi connectivity index (χ1n) is 6.47. The van der Waals surface area contributed by atoms with Crippen molar-refractivity contribution in [3.05, 3.63) is 70.9 Å². The van der Waals surface area contributed by atoms with Crippen LogP contribution in [0.1, 0.15) is 11.1 Å². The number of benzene rings is 2. The van der Waals surface area contributed by atoms with E-state index >= 15 is 0 Å². The van der Waals surface area contributed by atoms with E-state index < -0.39 is 0 Å². The van der Waals surface area contributed by atoms with Gasteiger partial charge in [-0.3, -0.25) is 4.99 Å². The minimum absolute atomic E-state index is 0.632. The van der Waals surface area contributed by atoms with Crippen molar-refractivity contribution in [1.82, 2.24) is 0 Å². The maximum atomic E-state index is 12.0. The molecule has 3 rings (SSSR count). The highest BCUT2D eigenvalue weighted by molar-refractivity contribution is 8.14. The van der Waals surface area contributed by atoms with Crippen molar-refractivity contribution in [2.24, 2.45) is 4.99 Å². The molecule has 20 heavy (non-hydrogen) atoms. The maximum Gasteiger partial charge on any atom is 0.216 e. The van der Waals surface area contributed by atoms with Gasteiger partial charge in [0.05, 0.1) is 5.04 Å². The molecule has 3 nitrogen and oxygen atoms in total. The lowest BCUT2D eigenvalue weighted by atomic mass is 10.1. The van der Waals surface area contributed by atoms with E-state index in [1.807, 2.05) is 42.5 Å². The fourth-order valence-electron chi connectivity index (χ4n) is 2.01. The number of thioether (sulfide) groups is 1. The minimum atomic E-state index is 0.632. The molecule has 1 aliphatic rings. The fourth-order valence-corrected chi connectivity index (χ4v) is 2.87. The van der Waals surface area contributed by atoms with Gasteiger partial charge in [0.25, 0.3) is 0 Å². The highest BCUT2D eigenvalue weighted by Gasteiger charge is 2.09. The summed E-state index contributed by atoms with van der Waals surface area (Å²) in [4.78, 5) is 4.44. The molecule has 0 unspecified atom stereocenters. The average Bonchev–Trinajstić information content (AvgIpc) is 3.03. The summed E-state index contributed by atoms with van der Waals surface area (Å²) < 4.78 is 0.886. The van der Waals surface area contributed by atoms with Gasteiger partial charge in [-0.2, -0.15) is 4.74 Å². The van der Waals surface area contributed by atoms with E-state index in [4.69, 9.17) is 0 Å². The molecule has 4 heteroatoms. The Morgan fingerprint density at radius 1 is 1.05 bits per heavy atom. The summed E-state index contributed by atoms with van der Waals surface area (Å²) in [6, 6.07) is 17.1.